The van der Waals surface area contributed by atoms with Gasteiger partial charge in [0.2, 0.25) is 0 Å². The summed E-state index contributed by atoms with van der Waals surface area (Å²) in [6.45, 7) is 0. The average molecular weight is 262 g/mol. The maximum atomic E-state index is 12.3. The van der Waals surface area contributed by atoms with E-state index in [1.54, 1.807) is 7.11 Å². The van der Waals surface area contributed by atoms with Crippen LogP contribution in [0.2, 0.25) is 0 Å². The molecule has 2 nitrogen and oxygen atoms in total. The van der Waals surface area contributed by atoms with E-state index >= 15 is 0 Å². The highest BCUT2D eigenvalue weighted by Gasteiger charge is 2.45. The normalized spacial score (nSPS) is 39.0. The molecule has 0 spiro atoms. The third-order valence-electron chi connectivity index (χ3n) is 5.75. The molecule has 0 unspecified atom stereocenters. The molecule has 19 heavy (non-hydrogen) atoms. The molecule has 2 fully saturated rings. The second-order valence-corrected chi connectivity index (χ2v) is 6.67. The molecule has 2 saturated carbocycles. The molecule has 4 atom stereocenters. The second kappa shape index (κ2) is 5.68. The molecule has 0 radical (unpaired) electrons. The number of esters is 1. The van der Waals surface area contributed by atoms with Gasteiger partial charge in [-0.2, -0.15) is 0 Å². The number of ether oxygens (including phenoxy) is 1. The predicted molar refractivity (Wildman–Crippen MR) is 75.5 cm³/mol. The van der Waals surface area contributed by atoms with Gasteiger partial charge in [-0.1, -0.05) is 37.8 Å². The molecular formula is C17H26O2. The third-order valence-corrected chi connectivity index (χ3v) is 5.75. The Morgan fingerprint density at radius 3 is 2.53 bits per heavy atom. The van der Waals surface area contributed by atoms with Crippen LogP contribution in [0.15, 0.2) is 12.2 Å². The van der Waals surface area contributed by atoms with E-state index < -0.39 is 0 Å². The van der Waals surface area contributed by atoms with Crippen LogP contribution in [-0.4, -0.2) is 13.1 Å². The van der Waals surface area contributed by atoms with E-state index in [1.165, 1.54) is 51.4 Å². The van der Waals surface area contributed by atoms with Crippen LogP contribution in [0.5, 0.6) is 0 Å². The van der Waals surface area contributed by atoms with E-state index in [0.717, 1.165) is 5.92 Å². The number of hydrogen-bond donors (Lipinski definition) is 0. The molecule has 0 aromatic carbocycles. The third kappa shape index (κ3) is 2.46. The van der Waals surface area contributed by atoms with Crippen LogP contribution in [0, 0.1) is 29.6 Å². The molecule has 3 aliphatic carbocycles. The maximum absolute atomic E-state index is 12.3. The number of carbonyl (C=O) groups excluding carboxylic acids is 1. The van der Waals surface area contributed by atoms with Crippen LogP contribution in [0.3, 0.4) is 0 Å². The molecule has 3 rings (SSSR count). The standard InChI is InChI=1S/C17H26O2/c1-19-17(18)16-14-9-5-8-13(14)10-11-15(16)12-6-3-2-4-7-12/h10-16H,2-9H2,1H3/t13-,14+,15+,16-/m1/s1. The molecule has 0 bridgehead atoms. The number of methoxy groups -OCH3 is 1. The summed E-state index contributed by atoms with van der Waals surface area (Å²) < 4.78 is 5.15. The zero-order chi connectivity index (χ0) is 13.2. The summed E-state index contributed by atoms with van der Waals surface area (Å²) in [4.78, 5) is 12.3. The van der Waals surface area contributed by atoms with Gasteiger partial charge in [0, 0.05) is 0 Å². The summed E-state index contributed by atoms with van der Waals surface area (Å²) in [7, 11) is 1.56. The summed E-state index contributed by atoms with van der Waals surface area (Å²) in [5, 5.41) is 0. The lowest BCUT2D eigenvalue weighted by Gasteiger charge is -2.40. The van der Waals surface area contributed by atoms with Crippen molar-refractivity contribution in [2.75, 3.05) is 7.11 Å². The first-order chi connectivity index (χ1) is 9.31. The lowest BCUT2D eigenvalue weighted by molar-refractivity contribution is -0.151. The van der Waals surface area contributed by atoms with Gasteiger partial charge in [-0.15, -0.1) is 0 Å². The first-order valence-electron chi connectivity index (χ1n) is 8.07. The van der Waals surface area contributed by atoms with Crippen LogP contribution >= 0.6 is 0 Å². The van der Waals surface area contributed by atoms with Crippen molar-refractivity contribution in [1.82, 2.24) is 0 Å². The van der Waals surface area contributed by atoms with Crippen LogP contribution < -0.4 is 0 Å². The highest BCUT2D eigenvalue weighted by molar-refractivity contribution is 5.74. The topological polar surface area (TPSA) is 26.3 Å². The van der Waals surface area contributed by atoms with E-state index in [0.29, 0.717) is 17.8 Å². The summed E-state index contributed by atoms with van der Waals surface area (Å²) in [5.74, 6) is 2.57. The van der Waals surface area contributed by atoms with E-state index in [9.17, 15) is 4.79 Å². The Kier molecular flexibility index (Phi) is 3.95. The zero-order valence-electron chi connectivity index (χ0n) is 12.0. The van der Waals surface area contributed by atoms with Crippen molar-refractivity contribution < 1.29 is 9.53 Å². The largest absolute Gasteiger partial charge is 0.469 e. The summed E-state index contributed by atoms with van der Waals surface area (Å²) in [6, 6.07) is 0. The monoisotopic (exact) mass is 262 g/mol. The van der Waals surface area contributed by atoms with E-state index in [4.69, 9.17) is 4.74 Å². The van der Waals surface area contributed by atoms with Crippen molar-refractivity contribution in [2.24, 2.45) is 29.6 Å². The summed E-state index contributed by atoms with van der Waals surface area (Å²) in [6.07, 6.45) is 15.3. The summed E-state index contributed by atoms with van der Waals surface area (Å²) in [5.41, 5.74) is 0. The van der Waals surface area contributed by atoms with Gasteiger partial charge in [-0.05, 0) is 49.4 Å². The molecule has 0 saturated heterocycles. The van der Waals surface area contributed by atoms with Gasteiger partial charge in [-0.3, -0.25) is 4.79 Å². The van der Waals surface area contributed by atoms with Crippen LogP contribution in [0.25, 0.3) is 0 Å². The lowest BCUT2D eigenvalue weighted by Crippen LogP contribution is -2.39. The SMILES string of the molecule is COC(=O)[C@@H]1[C@H]2CCC[C@@H]2C=C[C@H]1C1CCCCC1. The minimum absolute atomic E-state index is 0.0526. The van der Waals surface area contributed by atoms with Crippen LogP contribution in [0.4, 0.5) is 0 Å². The molecule has 0 amide bonds. The van der Waals surface area contributed by atoms with E-state index in [-0.39, 0.29) is 11.9 Å². The Morgan fingerprint density at radius 1 is 1.00 bits per heavy atom. The second-order valence-electron chi connectivity index (χ2n) is 6.67. The first kappa shape index (κ1) is 13.2. The molecule has 2 heteroatoms. The molecule has 0 aromatic heterocycles. The van der Waals surface area contributed by atoms with Gasteiger partial charge in [-0.25, -0.2) is 0 Å². The predicted octanol–water partition coefficient (Wildman–Crippen LogP) is 3.96. The molecule has 0 aliphatic heterocycles. The molecular weight excluding hydrogens is 236 g/mol. The van der Waals surface area contributed by atoms with Crippen LogP contribution in [0.1, 0.15) is 51.4 Å². The molecule has 3 aliphatic rings. The fraction of sp³-hybridized carbons (Fsp3) is 0.824. The Bertz CT molecular complexity index is 354. The van der Waals surface area contributed by atoms with Gasteiger partial charge in [0.05, 0.1) is 13.0 Å². The van der Waals surface area contributed by atoms with Crippen molar-refractivity contribution in [3.05, 3.63) is 12.2 Å². The van der Waals surface area contributed by atoms with Gasteiger partial charge >= 0.3 is 5.97 Å². The molecule has 0 aromatic rings. The fourth-order valence-corrected chi connectivity index (χ4v) is 4.82. The highest BCUT2D eigenvalue weighted by Crippen LogP contribution is 2.49. The van der Waals surface area contributed by atoms with Crippen molar-refractivity contribution in [1.29, 1.82) is 0 Å². The van der Waals surface area contributed by atoms with Crippen molar-refractivity contribution >= 4 is 5.97 Å². The quantitative estimate of drug-likeness (QED) is 0.556. The van der Waals surface area contributed by atoms with Gasteiger partial charge in [0.25, 0.3) is 0 Å². The average Bonchev–Trinajstić information content (AvgIpc) is 2.94. The number of fused-ring (bicyclic) bond motifs is 1. The smallest absolute Gasteiger partial charge is 0.309 e. The lowest BCUT2D eigenvalue weighted by atomic mass is 9.65. The Balaban J connectivity index is 1.83. The Hall–Kier alpha value is -0.790. The van der Waals surface area contributed by atoms with E-state index in [1.807, 2.05) is 0 Å². The molecule has 0 N–H and O–H groups in total. The van der Waals surface area contributed by atoms with Gasteiger partial charge in [0.15, 0.2) is 0 Å². The van der Waals surface area contributed by atoms with Crippen molar-refractivity contribution in [3.63, 3.8) is 0 Å². The minimum Gasteiger partial charge on any atom is -0.469 e. The van der Waals surface area contributed by atoms with Crippen LogP contribution in [-0.2, 0) is 9.53 Å². The van der Waals surface area contributed by atoms with Gasteiger partial charge in [0.1, 0.15) is 0 Å². The fourth-order valence-electron chi connectivity index (χ4n) is 4.82. The zero-order valence-corrected chi connectivity index (χ0v) is 12.0. The molecule has 0 heterocycles. The maximum Gasteiger partial charge on any atom is 0.309 e. The first-order valence-corrected chi connectivity index (χ1v) is 8.07. The number of allylic oxidation sites excluding steroid dienone is 2. The molecule has 106 valence electrons. The van der Waals surface area contributed by atoms with Crippen molar-refractivity contribution in [2.45, 2.75) is 51.4 Å². The highest BCUT2D eigenvalue weighted by atomic mass is 16.5. The van der Waals surface area contributed by atoms with Crippen molar-refractivity contribution in [3.8, 4) is 0 Å². The number of hydrogen-bond acceptors (Lipinski definition) is 2. The number of carbonyl (C=O) groups is 1. The number of rotatable bonds is 2. The van der Waals surface area contributed by atoms with Gasteiger partial charge < -0.3 is 4.74 Å². The Labute approximate surface area is 116 Å². The Morgan fingerprint density at radius 2 is 1.79 bits per heavy atom. The van der Waals surface area contributed by atoms with E-state index in [2.05, 4.69) is 12.2 Å². The minimum atomic E-state index is 0.0526. The summed E-state index contributed by atoms with van der Waals surface area (Å²) >= 11 is 0.